The quantitative estimate of drug-likeness (QED) is 0.151. The number of fused-ring (bicyclic) bond motifs is 2. The first kappa shape index (κ1) is 31.2. The van der Waals surface area contributed by atoms with Crippen LogP contribution in [0.2, 0.25) is 5.15 Å². The fourth-order valence-corrected chi connectivity index (χ4v) is 6.52. The fraction of sp³-hybridized carbons (Fsp3) is 0.158. The van der Waals surface area contributed by atoms with Gasteiger partial charge in [0, 0.05) is 17.4 Å². The number of hydrogen-bond donors (Lipinski definition) is 2. The number of aromatic nitrogens is 4. The fourth-order valence-electron chi connectivity index (χ4n) is 6.37. The minimum absolute atomic E-state index is 0.179. The standard InChI is InChI=1S/C38H31ClN6O5/c1-47-26-9-4-22(5-10-26)21-50-32-14-7-24(20-29(32)38-48-17-18-49-38)37(46)43-30-12-6-23-19-25(8-11-27(23)30)45-35(28-3-2-16-41-34(28)40)42-31-13-15-33(39)44-36(31)45/h2-5,7-11,13-20,30,38H,6,12,21H2,1H3,(H2,40,41)(H,43,46)/t30-/m0/s1. The number of anilines is 1. The summed E-state index contributed by atoms with van der Waals surface area (Å²) in [6.07, 6.45) is 5.38. The molecule has 0 unspecified atom stereocenters. The normalized spacial score (nSPS) is 15.0. The van der Waals surface area contributed by atoms with E-state index in [-0.39, 0.29) is 11.9 Å². The van der Waals surface area contributed by atoms with Crippen LogP contribution in [0.25, 0.3) is 28.2 Å². The maximum atomic E-state index is 13.7. The largest absolute Gasteiger partial charge is 0.497 e. The van der Waals surface area contributed by atoms with Gasteiger partial charge in [-0.3, -0.25) is 9.36 Å². The van der Waals surface area contributed by atoms with Gasteiger partial charge in [-0.1, -0.05) is 29.8 Å². The highest BCUT2D eigenvalue weighted by Crippen LogP contribution is 2.37. The van der Waals surface area contributed by atoms with E-state index in [2.05, 4.69) is 21.4 Å². The number of carbonyl (C=O) groups is 1. The number of hydrogen-bond acceptors (Lipinski definition) is 9. The summed E-state index contributed by atoms with van der Waals surface area (Å²) in [6.45, 7) is 0.318. The third-order valence-electron chi connectivity index (χ3n) is 8.86. The molecular weight excluding hydrogens is 656 g/mol. The Morgan fingerprint density at radius 3 is 2.64 bits per heavy atom. The number of amides is 1. The zero-order chi connectivity index (χ0) is 34.2. The van der Waals surface area contributed by atoms with Gasteiger partial charge in [0.05, 0.1) is 24.3 Å². The van der Waals surface area contributed by atoms with Crippen molar-refractivity contribution in [2.24, 2.45) is 0 Å². The number of benzene rings is 3. The highest BCUT2D eigenvalue weighted by atomic mass is 35.5. The van der Waals surface area contributed by atoms with Gasteiger partial charge in [0.15, 0.2) is 11.5 Å². The van der Waals surface area contributed by atoms with Gasteiger partial charge >= 0.3 is 0 Å². The molecule has 8 rings (SSSR count). The van der Waals surface area contributed by atoms with Crippen LogP contribution in [0.15, 0.2) is 104 Å². The minimum atomic E-state index is -0.727. The number of ether oxygens (including phenoxy) is 4. The topological polar surface area (TPSA) is 136 Å². The van der Waals surface area contributed by atoms with Gasteiger partial charge in [0.25, 0.3) is 12.2 Å². The van der Waals surface area contributed by atoms with Crippen LogP contribution in [0.1, 0.15) is 51.4 Å². The summed E-state index contributed by atoms with van der Waals surface area (Å²) in [4.78, 5) is 27.4. The van der Waals surface area contributed by atoms with Crippen LogP contribution in [-0.4, -0.2) is 32.5 Å². The van der Waals surface area contributed by atoms with E-state index in [1.165, 1.54) is 12.5 Å². The van der Waals surface area contributed by atoms with Gasteiger partial charge in [-0.2, -0.15) is 0 Å². The Labute approximate surface area is 292 Å². The number of imidazole rings is 1. The van der Waals surface area contributed by atoms with Crippen molar-refractivity contribution in [3.05, 3.63) is 137 Å². The molecule has 6 aromatic rings. The van der Waals surface area contributed by atoms with Crippen LogP contribution in [0.3, 0.4) is 0 Å². The van der Waals surface area contributed by atoms with Crippen molar-refractivity contribution in [1.29, 1.82) is 0 Å². The Morgan fingerprint density at radius 1 is 1.00 bits per heavy atom. The summed E-state index contributed by atoms with van der Waals surface area (Å²) in [5.74, 6) is 2.08. The average Bonchev–Trinajstić information content (AvgIpc) is 3.90. The molecule has 0 fully saturated rings. The number of methoxy groups -OCH3 is 1. The molecule has 1 atom stereocenters. The third kappa shape index (κ3) is 5.92. The molecule has 3 aromatic carbocycles. The van der Waals surface area contributed by atoms with E-state index in [9.17, 15) is 4.79 Å². The van der Waals surface area contributed by atoms with E-state index in [4.69, 9.17) is 41.3 Å². The molecule has 11 nitrogen and oxygen atoms in total. The number of nitrogen functional groups attached to an aromatic ring is 1. The highest BCUT2D eigenvalue weighted by molar-refractivity contribution is 6.29. The molecule has 3 aromatic heterocycles. The molecule has 0 saturated carbocycles. The highest BCUT2D eigenvalue weighted by Gasteiger charge is 2.28. The molecule has 0 bridgehead atoms. The van der Waals surface area contributed by atoms with E-state index in [0.29, 0.717) is 57.0 Å². The van der Waals surface area contributed by atoms with Crippen molar-refractivity contribution in [2.45, 2.75) is 31.8 Å². The number of carbonyl (C=O) groups excluding carboxylic acids is 1. The smallest absolute Gasteiger partial charge is 0.269 e. The first-order valence-electron chi connectivity index (χ1n) is 16.0. The Balaban J connectivity index is 1.05. The third-order valence-corrected chi connectivity index (χ3v) is 9.07. The maximum Gasteiger partial charge on any atom is 0.269 e. The SMILES string of the molecule is COc1ccc(COc2ccc(C(=O)N[C@H]3CCc4cc(-n5c(-c6cccnc6N)nc6ccc(Cl)nc65)ccc43)cc2C2OC=CO2)cc1. The lowest BCUT2D eigenvalue weighted by Crippen LogP contribution is -2.27. The molecule has 3 N–H and O–H groups in total. The van der Waals surface area contributed by atoms with Crippen molar-refractivity contribution in [1.82, 2.24) is 24.8 Å². The number of halogens is 1. The summed E-state index contributed by atoms with van der Waals surface area (Å²) in [7, 11) is 1.63. The van der Waals surface area contributed by atoms with E-state index < -0.39 is 6.29 Å². The second kappa shape index (κ2) is 13.1. The molecule has 1 aliphatic heterocycles. The number of rotatable bonds is 9. The molecule has 2 aliphatic rings. The van der Waals surface area contributed by atoms with Crippen molar-refractivity contribution in [3.63, 3.8) is 0 Å². The molecule has 250 valence electrons. The lowest BCUT2D eigenvalue weighted by atomic mass is 10.1. The van der Waals surface area contributed by atoms with Crippen LogP contribution >= 0.6 is 11.6 Å². The predicted molar refractivity (Wildman–Crippen MR) is 188 cm³/mol. The van der Waals surface area contributed by atoms with Gasteiger partial charge in [0.1, 0.15) is 47.1 Å². The summed E-state index contributed by atoms with van der Waals surface area (Å²) in [6, 6.07) is 26.1. The molecule has 4 heterocycles. The Bertz CT molecular complexity index is 2260. The molecule has 1 aliphatic carbocycles. The summed E-state index contributed by atoms with van der Waals surface area (Å²) >= 11 is 6.32. The van der Waals surface area contributed by atoms with E-state index in [1.807, 2.05) is 59.2 Å². The summed E-state index contributed by atoms with van der Waals surface area (Å²) in [5, 5.41) is 3.59. The number of nitrogens with one attached hydrogen (secondary N) is 1. The molecule has 0 spiro atoms. The molecule has 50 heavy (non-hydrogen) atoms. The van der Waals surface area contributed by atoms with Crippen LogP contribution in [0.5, 0.6) is 11.5 Å². The van der Waals surface area contributed by atoms with E-state index >= 15 is 0 Å². The van der Waals surface area contributed by atoms with Crippen molar-refractivity contribution >= 4 is 34.5 Å². The molecular formula is C38H31ClN6O5. The second-order valence-corrected chi connectivity index (χ2v) is 12.3. The molecule has 12 heteroatoms. The first-order chi connectivity index (χ1) is 24.4. The zero-order valence-electron chi connectivity index (χ0n) is 26.9. The number of nitrogens with two attached hydrogens (primary N) is 1. The minimum Gasteiger partial charge on any atom is -0.497 e. The van der Waals surface area contributed by atoms with Gasteiger partial charge in [-0.25, -0.2) is 15.0 Å². The van der Waals surface area contributed by atoms with Crippen LogP contribution in [0, 0.1) is 0 Å². The van der Waals surface area contributed by atoms with Crippen molar-refractivity contribution < 1.29 is 23.7 Å². The molecule has 1 amide bonds. The van der Waals surface area contributed by atoms with Crippen LogP contribution in [0.4, 0.5) is 5.82 Å². The summed E-state index contributed by atoms with van der Waals surface area (Å²) < 4.78 is 24.6. The zero-order valence-corrected chi connectivity index (χ0v) is 27.6. The Hall–Kier alpha value is -6.07. The monoisotopic (exact) mass is 686 g/mol. The van der Waals surface area contributed by atoms with Crippen LogP contribution in [-0.2, 0) is 22.5 Å². The second-order valence-electron chi connectivity index (χ2n) is 11.9. The van der Waals surface area contributed by atoms with Gasteiger partial charge in [0.2, 0.25) is 0 Å². The van der Waals surface area contributed by atoms with Gasteiger partial charge in [-0.15, -0.1) is 0 Å². The van der Waals surface area contributed by atoms with E-state index in [0.717, 1.165) is 41.0 Å². The first-order valence-corrected chi connectivity index (χ1v) is 16.4. The van der Waals surface area contributed by atoms with Crippen molar-refractivity contribution in [2.75, 3.05) is 12.8 Å². The number of aryl methyl sites for hydroxylation is 1. The molecule has 0 saturated heterocycles. The van der Waals surface area contributed by atoms with Crippen molar-refractivity contribution in [3.8, 4) is 28.6 Å². The lowest BCUT2D eigenvalue weighted by Gasteiger charge is -2.19. The molecule has 0 radical (unpaired) electrons. The van der Waals surface area contributed by atoms with Gasteiger partial charge in [-0.05, 0) is 96.3 Å². The predicted octanol–water partition coefficient (Wildman–Crippen LogP) is 7.24. The number of pyridine rings is 2. The average molecular weight is 687 g/mol. The Morgan fingerprint density at radius 2 is 1.84 bits per heavy atom. The Kier molecular flexibility index (Phi) is 8.17. The lowest BCUT2D eigenvalue weighted by molar-refractivity contribution is -0.0266. The van der Waals surface area contributed by atoms with E-state index in [1.54, 1.807) is 37.6 Å². The summed E-state index contributed by atoms with van der Waals surface area (Å²) in [5.41, 5.74) is 13.3. The number of nitrogens with zero attached hydrogens (tertiary/aromatic N) is 4. The van der Waals surface area contributed by atoms with Gasteiger partial charge < -0.3 is 30.0 Å². The maximum absolute atomic E-state index is 13.7. The van der Waals surface area contributed by atoms with Crippen LogP contribution < -0.4 is 20.5 Å².